The number of allylic oxidation sites excluding steroid dienone is 8. The fourth-order valence-corrected chi connectivity index (χ4v) is 0.680. The summed E-state index contributed by atoms with van der Waals surface area (Å²) < 4.78 is 0. The first kappa shape index (κ1) is 26.8. The molecule has 0 heterocycles. The molecule has 128 valence electrons. The Bertz CT molecular complexity index is 421. The number of hydrogen-bond acceptors (Lipinski definition) is 2. The van der Waals surface area contributed by atoms with Crippen LogP contribution in [0.3, 0.4) is 0 Å². The van der Waals surface area contributed by atoms with Crippen molar-refractivity contribution in [2.45, 2.75) is 26.7 Å². The summed E-state index contributed by atoms with van der Waals surface area (Å²) in [5.74, 6) is -1.87. The molecule has 0 aliphatic heterocycles. The SMILES string of the molecule is C=C(C)C(=O)O.C=C(C)C(=O)O.[C-]1=CC=CC1.[C-]1=CC=CC1.[CH2]=[Ti+2]. The molecule has 24 heavy (non-hydrogen) atoms. The number of carbonyl (C=O) groups is 2. The average Bonchev–Trinajstić information content (AvgIpc) is 3.28. The molecule has 0 aromatic carbocycles. The Balaban J connectivity index is -0.000000237. The summed E-state index contributed by atoms with van der Waals surface area (Å²) in [6, 6.07) is 0. The van der Waals surface area contributed by atoms with Crippen molar-refractivity contribution < 1.29 is 39.8 Å². The third-order valence-corrected chi connectivity index (χ3v) is 1.90. The molecule has 0 radical (unpaired) electrons. The maximum absolute atomic E-state index is 9.60. The summed E-state index contributed by atoms with van der Waals surface area (Å²) in [5, 5.41) is 15.8. The van der Waals surface area contributed by atoms with Crippen LogP contribution < -0.4 is 0 Å². The normalized spacial score (nSPS) is 11.3. The summed E-state index contributed by atoms with van der Waals surface area (Å²) >= 11 is 1.75. The number of aliphatic carboxylic acids is 2. The molecule has 0 unspecified atom stereocenters. The van der Waals surface area contributed by atoms with Gasteiger partial charge in [0.05, 0.1) is 0 Å². The fourth-order valence-electron chi connectivity index (χ4n) is 0.680. The summed E-state index contributed by atoms with van der Waals surface area (Å²) in [7, 11) is 0. The predicted octanol–water partition coefficient (Wildman–Crippen LogP) is 3.87. The maximum atomic E-state index is 9.60. The quantitative estimate of drug-likeness (QED) is 0.443. The summed E-state index contributed by atoms with van der Waals surface area (Å²) in [6.07, 6.45) is 20.0. The Hall–Kier alpha value is -2.04. The molecule has 0 aromatic rings. The van der Waals surface area contributed by atoms with Crippen LogP contribution in [-0.2, 0) is 29.6 Å². The molecule has 2 aliphatic rings. The average molecular weight is 364 g/mol. The number of hydrogen-bond donors (Lipinski definition) is 2. The van der Waals surface area contributed by atoms with E-state index in [2.05, 4.69) is 42.3 Å². The zero-order chi connectivity index (χ0) is 19.4. The molecule has 4 nitrogen and oxygen atoms in total. The molecule has 0 atom stereocenters. The van der Waals surface area contributed by atoms with E-state index in [1.54, 1.807) is 20.0 Å². The van der Waals surface area contributed by atoms with Gasteiger partial charge in [-0.2, -0.15) is 12.2 Å². The molecular weight excluding hydrogens is 340 g/mol. The van der Waals surface area contributed by atoms with E-state index in [4.69, 9.17) is 10.2 Å². The Morgan fingerprint density at radius 1 is 0.875 bits per heavy atom. The topological polar surface area (TPSA) is 74.6 Å². The first-order valence-corrected chi connectivity index (χ1v) is 7.95. The van der Waals surface area contributed by atoms with Crippen molar-refractivity contribution in [1.82, 2.24) is 0 Å². The van der Waals surface area contributed by atoms with Gasteiger partial charge in [-0.1, -0.05) is 13.2 Å². The zero-order valence-electron chi connectivity index (χ0n) is 14.2. The summed E-state index contributed by atoms with van der Waals surface area (Å²) in [5.41, 5.74) is 0.352. The first-order valence-electron chi connectivity index (χ1n) is 6.85. The van der Waals surface area contributed by atoms with Crippen LogP contribution in [0.2, 0.25) is 0 Å². The molecule has 0 saturated heterocycles. The molecule has 2 N–H and O–H groups in total. The fraction of sp³-hybridized carbons (Fsp3) is 0.211. The van der Waals surface area contributed by atoms with E-state index in [0.29, 0.717) is 0 Å². The molecule has 0 spiro atoms. The molecule has 2 rings (SSSR count). The van der Waals surface area contributed by atoms with E-state index in [1.807, 2.05) is 24.3 Å². The molecule has 0 fully saturated rings. The van der Waals surface area contributed by atoms with Gasteiger partial charge in [0.1, 0.15) is 0 Å². The van der Waals surface area contributed by atoms with Crippen LogP contribution in [0.25, 0.3) is 0 Å². The van der Waals surface area contributed by atoms with Crippen molar-refractivity contribution >= 4 is 16.8 Å². The monoisotopic (exact) mass is 364 g/mol. The second kappa shape index (κ2) is 21.0. The molecule has 2 aliphatic carbocycles. The van der Waals surface area contributed by atoms with Gasteiger partial charge in [0.15, 0.2) is 0 Å². The van der Waals surface area contributed by atoms with Gasteiger partial charge in [-0.15, -0.1) is 12.8 Å². The van der Waals surface area contributed by atoms with Gasteiger partial charge in [-0.3, -0.25) is 12.2 Å². The number of carboxylic acid groups (broad SMARTS) is 2. The van der Waals surface area contributed by atoms with Crippen LogP contribution in [0.4, 0.5) is 0 Å². The van der Waals surface area contributed by atoms with E-state index < -0.39 is 11.9 Å². The van der Waals surface area contributed by atoms with Gasteiger partial charge in [0.25, 0.3) is 0 Å². The molecular formula is C19H24O4Ti. The first-order chi connectivity index (χ1) is 11.3. The van der Waals surface area contributed by atoms with Crippen molar-refractivity contribution in [3.8, 4) is 0 Å². The van der Waals surface area contributed by atoms with Crippen molar-refractivity contribution in [3.05, 3.63) is 72.9 Å². The van der Waals surface area contributed by atoms with Crippen LogP contribution >= 0.6 is 0 Å². The summed E-state index contributed by atoms with van der Waals surface area (Å²) in [6.45, 7) is 9.20. The van der Waals surface area contributed by atoms with Crippen molar-refractivity contribution in [2.75, 3.05) is 0 Å². The Labute approximate surface area is 156 Å². The molecule has 0 amide bonds. The van der Waals surface area contributed by atoms with Gasteiger partial charge in [0.2, 0.25) is 0 Å². The molecule has 0 bridgehead atoms. The Morgan fingerprint density at radius 3 is 1.17 bits per heavy atom. The van der Waals surface area contributed by atoms with Gasteiger partial charge in [-0.25, -0.2) is 33.9 Å². The van der Waals surface area contributed by atoms with E-state index in [9.17, 15) is 9.59 Å². The van der Waals surface area contributed by atoms with E-state index in [0.717, 1.165) is 12.8 Å². The third-order valence-electron chi connectivity index (χ3n) is 1.90. The third kappa shape index (κ3) is 28.2. The summed E-state index contributed by atoms with van der Waals surface area (Å²) in [4.78, 5) is 22.4. The minimum atomic E-state index is -0.935. The van der Waals surface area contributed by atoms with Crippen molar-refractivity contribution in [1.29, 1.82) is 0 Å². The molecule has 0 aromatic heterocycles. The van der Waals surface area contributed by atoms with Gasteiger partial charge in [-0.05, 0) is 13.8 Å². The van der Waals surface area contributed by atoms with Crippen LogP contribution in [0, 0.1) is 12.2 Å². The predicted molar refractivity (Wildman–Crippen MR) is 95.2 cm³/mol. The van der Waals surface area contributed by atoms with Crippen LogP contribution in [-0.4, -0.2) is 27.0 Å². The Morgan fingerprint density at radius 2 is 1.12 bits per heavy atom. The van der Waals surface area contributed by atoms with E-state index >= 15 is 0 Å². The van der Waals surface area contributed by atoms with Crippen LogP contribution in [0.1, 0.15) is 26.7 Å². The number of carboxylic acids is 2. The van der Waals surface area contributed by atoms with Gasteiger partial charge in [0, 0.05) is 11.1 Å². The second-order valence-corrected chi connectivity index (χ2v) is 4.18. The standard InChI is InChI=1S/2C5H5.2C4H6O2.CH2.Ti/c2*1-2-4-5-3-1;2*1-3(2)4(5)6;;/h2*1-3H,4H2;2*1H2,2H3,(H,5,6);1H2;/q2*-1;;;;+2. The minimum absolute atomic E-state index is 0.176. The van der Waals surface area contributed by atoms with Crippen LogP contribution in [0.15, 0.2) is 60.8 Å². The van der Waals surface area contributed by atoms with Gasteiger partial charge < -0.3 is 10.2 Å². The molecule has 5 heteroatoms. The van der Waals surface area contributed by atoms with Crippen molar-refractivity contribution in [3.63, 3.8) is 0 Å². The Kier molecular flexibility index (Phi) is 23.4. The van der Waals surface area contributed by atoms with Crippen LogP contribution in [0.5, 0.6) is 0 Å². The van der Waals surface area contributed by atoms with E-state index in [-0.39, 0.29) is 11.1 Å². The van der Waals surface area contributed by atoms with E-state index in [1.165, 1.54) is 13.8 Å². The van der Waals surface area contributed by atoms with Crippen molar-refractivity contribution in [2.24, 2.45) is 0 Å². The second-order valence-electron chi connectivity index (χ2n) is 4.18. The zero-order valence-corrected chi connectivity index (χ0v) is 15.8. The molecule has 0 saturated carbocycles. The number of rotatable bonds is 2. The van der Waals surface area contributed by atoms with Gasteiger partial charge >= 0.3 is 36.7 Å².